The lowest BCUT2D eigenvalue weighted by atomic mass is 9.97. The molecule has 210 valence electrons. The van der Waals surface area contributed by atoms with Crippen LogP contribution in [0.25, 0.3) is 88.8 Å². The number of fused-ring (bicyclic) bond motifs is 5. The summed E-state index contributed by atoms with van der Waals surface area (Å²) >= 11 is 0. The molecule has 0 aliphatic heterocycles. The molecule has 9 aromatic rings. The third-order valence-electron chi connectivity index (χ3n) is 8.35. The largest absolute Gasteiger partial charge is 0.456 e. The second-order valence-corrected chi connectivity index (χ2v) is 11.2. The highest BCUT2D eigenvalue weighted by Gasteiger charge is 2.20. The third-order valence-corrected chi connectivity index (χ3v) is 8.35. The lowest BCUT2D eigenvalue weighted by Crippen LogP contribution is -2.00. The second kappa shape index (κ2) is 10.2. The van der Waals surface area contributed by atoms with Crippen molar-refractivity contribution in [2.75, 3.05) is 0 Å². The van der Waals surface area contributed by atoms with Crippen molar-refractivity contribution in [1.29, 1.82) is 0 Å². The van der Waals surface area contributed by atoms with Crippen molar-refractivity contribution in [1.82, 2.24) is 19.9 Å². The summed E-state index contributed by atoms with van der Waals surface area (Å²) < 4.78 is 6.57. The number of pyridine rings is 1. The molecule has 0 aliphatic carbocycles. The number of furan rings is 1. The summed E-state index contributed by atoms with van der Waals surface area (Å²) in [5.74, 6) is 1.82. The summed E-state index contributed by atoms with van der Waals surface area (Å²) in [4.78, 5) is 19.7. The maximum Gasteiger partial charge on any atom is 0.164 e. The zero-order chi connectivity index (χ0) is 29.7. The van der Waals surface area contributed by atoms with Gasteiger partial charge in [0.2, 0.25) is 0 Å². The number of aromatic nitrogens is 4. The van der Waals surface area contributed by atoms with E-state index < -0.39 is 0 Å². The monoisotopic (exact) mass is 576 g/mol. The maximum absolute atomic E-state index is 6.57. The minimum Gasteiger partial charge on any atom is -0.456 e. The van der Waals surface area contributed by atoms with Crippen molar-refractivity contribution < 1.29 is 4.42 Å². The first-order valence-corrected chi connectivity index (χ1v) is 14.9. The standard InChI is InChI=1S/C40H24N4O/c1-3-9-25(10-4-1)31-20-34(37-33-21-32-24-41-18-17-29(32)22-35(33)45-36(37)23-31)40-43-38(27-12-5-2-6-13-27)42-39(44-40)30-16-15-26-11-7-8-14-28(26)19-30/h1-24H. The van der Waals surface area contributed by atoms with E-state index in [1.165, 1.54) is 5.39 Å². The highest BCUT2D eigenvalue weighted by molar-refractivity contribution is 6.16. The predicted molar refractivity (Wildman–Crippen MR) is 182 cm³/mol. The van der Waals surface area contributed by atoms with E-state index in [1.54, 1.807) is 6.20 Å². The first kappa shape index (κ1) is 25.3. The van der Waals surface area contributed by atoms with Gasteiger partial charge in [0.05, 0.1) is 0 Å². The quantitative estimate of drug-likeness (QED) is 0.209. The van der Waals surface area contributed by atoms with Crippen molar-refractivity contribution >= 4 is 43.5 Å². The topological polar surface area (TPSA) is 64.7 Å². The van der Waals surface area contributed by atoms with Crippen LogP contribution in [0.3, 0.4) is 0 Å². The Bertz CT molecular complexity index is 2540. The summed E-state index contributed by atoms with van der Waals surface area (Å²) in [7, 11) is 0. The van der Waals surface area contributed by atoms with Gasteiger partial charge in [-0.15, -0.1) is 0 Å². The van der Waals surface area contributed by atoms with Crippen LogP contribution in [0.4, 0.5) is 0 Å². The Balaban J connectivity index is 1.36. The molecule has 3 heterocycles. The molecule has 5 nitrogen and oxygen atoms in total. The molecule has 5 heteroatoms. The average molecular weight is 577 g/mol. The molecule has 0 unspecified atom stereocenters. The van der Waals surface area contributed by atoms with E-state index in [2.05, 4.69) is 83.8 Å². The summed E-state index contributed by atoms with van der Waals surface area (Å²) in [6.45, 7) is 0. The predicted octanol–water partition coefficient (Wildman–Crippen LogP) is 10.1. The van der Waals surface area contributed by atoms with Crippen LogP contribution in [-0.2, 0) is 0 Å². The van der Waals surface area contributed by atoms with E-state index in [1.807, 2.05) is 60.8 Å². The van der Waals surface area contributed by atoms with Crippen LogP contribution in [-0.4, -0.2) is 19.9 Å². The SMILES string of the molecule is c1ccc(-c2cc(-c3nc(-c4ccccc4)nc(-c4ccc5ccccc5c4)n3)c3c(c2)oc2cc4ccncc4cc23)cc1. The highest BCUT2D eigenvalue weighted by Crippen LogP contribution is 2.41. The molecular formula is C40H24N4O. The smallest absolute Gasteiger partial charge is 0.164 e. The fourth-order valence-electron chi connectivity index (χ4n) is 6.13. The summed E-state index contributed by atoms with van der Waals surface area (Å²) in [5.41, 5.74) is 6.43. The van der Waals surface area contributed by atoms with Gasteiger partial charge in [0.15, 0.2) is 17.5 Å². The van der Waals surface area contributed by atoms with Crippen LogP contribution in [0.1, 0.15) is 0 Å². The first-order valence-electron chi connectivity index (χ1n) is 14.9. The van der Waals surface area contributed by atoms with Crippen molar-refractivity contribution in [3.05, 3.63) is 146 Å². The molecule has 0 spiro atoms. The number of hydrogen-bond donors (Lipinski definition) is 0. The molecule has 3 aromatic heterocycles. The van der Waals surface area contributed by atoms with E-state index in [0.717, 1.165) is 65.9 Å². The van der Waals surface area contributed by atoms with Gasteiger partial charge in [-0.05, 0) is 63.7 Å². The van der Waals surface area contributed by atoms with Gasteiger partial charge in [0.25, 0.3) is 0 Å². The summed E-state index contributed by atoms with van der Waals surface area (Å²) in [6, 6.07) is 45.6. The number of rotatable bonds is 4. The molecule has 9 rings (SSSR count). The minimum absolute atomic E-state index is 0.587. The molecule has 0 fully saturated rings. The molecule has 0 aliphatic rings. The van der Waals surface area contributed by atoms with E-state index in [0.29, 0.717) is 17.5 Å². The Hall–Kier alpha value is -6.20. The Labute approximate surface area is 258 Å². The molecule has 0 bridgehead atoms. The van der Waals surface area contributed by atoms with Gasteiger partial charge in [-0.3, -0.25) is 4.98 Å². The van der Waals surface area contributed by atoms with Gasteiger partial charge < -0.3 is 4.42 Å². The van der Waals surface area contributed by atoms with Gasteiger partial charge in [0, 0.05) is 45.2 Å². The Morgan fingerprint density at radius 2 is 1.11 bits per heavy atom. The normalized spacial score (nSPS) is 11.6. The van der Waals surface area contributed by atoms with E-state index in [-0.39, 0.29) is 0 Å². The molecular weight excluding hydrogens is 552 g/mol. The molecule has 0 radical (unpaired) electrons. The first-order chi connectivity index (χ1) is 22.3. The van der Waals surface area contributed by atoms with Crippen LogP contribution in [0.15, 0.2) is 150 Å². The molecule has 45 heavy (non-hydrogen) atoms. The Kier molecular flexibility index (Phi) is 5.74. The van der Waals surface area contributed by atoms with Crippen molar-refractivity contribution in [2.45, 2.75) is 0 Å². The van der Waals surface area contributed by atoms with Gasteiger partial charge in [0.1, 0.15) is 11.2 Å². The van der Waals surface area contributed by atoms with Crippen molar-refractivity contribution in [2.24, 2.45) is 0 Å². The van der Waals surface area contributed by atoms with Gasteiger partial charge in [-0.1, -0.05) is 97.1 Å². The molecule has 6 aromatic carbocycles. The number of hydrogen-bond acceptors (Lipinski definition) is 5. The summed E-state index contributed by atoms with van der Waals surface area (Å²) in [5, 5.41) is 6.38. The molecule has 0 saturated carbocycles. The van der Waals surface area contributed by atoms with Gasteiger partial charge >= 0.3 is 0 Å². The maximum atomic E-state index is 6.57. The lowest BCUT2D eigenvalue weighted by molar-refractivity contribution is 0.669. The van der Waals surface area contributed by atoms with E-state index in [9.17, 15) is 0 Å². The van der Waals surface area contributed by atoms with E-state index >= 15 is 0 Å². The van der Waals surface area contributed by atoms with Crippen LogP contribution in [0.2, 0.25) is 0 Å². The molecule has 0 atom stereocenters. The summed E-state index contributed by atoms with van der Waals surface area (Å²) in [6.07, 6.45) is 3.69. The molecule has 0 N–H and O–H groups in total. The van der Waals surface area contributed by atoms with Crippen molar-refractivity contribution in [3.8, 4) is 45.3 Å². The zero-order valence-electron chi connectivity index (χ0n) is 24.1. The number of benzene rings is 6. The molecule has 0 saturated heterocycles. The second-order valence-electron chi connectivity index (χ2n) is 11.2. The Morgan fingerprint density at radius 1 is 0.422 bits per heavy atom. The van der Waals surface area contributed by atoms with Crippen LogP contribution in [0, 0.1) is 0 Å². The number of nitrogens with zero attached hydrogens (tertiary/aromatic N) is 4. The van der Waals surface area contributed by atoms with Crippen LogP contribution < -0.4 is 0 Å². The zero-order valence-corrected chi connectivity index (χ0v) is 24.1. The molecule has 0 amide bonds. The van der Waals surface area contributed by atoms with E-state index in [4.69, 9.17) is 19.4 Å². The Morgan fingerprint density at radius 3 is 1.93 bits per heavy atom. The highest BCUT2D eigenvalue weighted by atomic mass is 16.3. The van der Waals surface area contributed by atoms with Gasteiger partial charge in [-0.2, -0.15) is 0 Å². The van der Waals surface area contributed by atoms with Crippen molar-refractivity contribution in [3.63, 3.8) is 0 Å². The van der Waals surface area contributed by atoms with Gasteiger partial charge in [-0.25, -0.2) is 15.0 Å². The van der Waals surface area contributed by atoms with Crippen LogP contribution in [0.5, 0.6) is 0 Å². The third kappa shape index (κ3) is 4.41. The fourth-order valence-corrected chi connectivity index (χ4v) is 6.13. The average Bonchev–Trinajstić information content (AvgIpc) is 3.47. The fraction of sp³-hybridized carbons (Fsp3) is 0. The van der Waals surface area contributed by atoms with Crippen LogP contribution >= 0.6 is 0 Å². The minimum atomic E-state index is 0.587. The lowest BCUT2D eigenvalue weighted by Gasteiger charge is -2.11.